The molecule has 4 aromatic heterocycles. The fraction of sp³-hybridized carbons (Fsp3) is 0.231. The molecule has 1 fully saturated rings. The molecule has 5 aromatic rings. The summed E-state index contributed by atoms with van der Waals surface area (Å²) < 4.78 is 9.65. The number of hydrogen-bond acceptors (Lipinski definition) is 6. The van der Waals surface area contributed by atoms with E-state index in [2.05, 4.69) is 32.8 Å². The standard InChI is InChI=1S/C26H23N7O/c27-24-20(5-2-13-28-24)25-29-21-10-11-22(32-14-12-23(31-32)34-19-8-9-19)30-26(21)33(25)18-7-6-16-3-1-4-17(16)15-18/h2,5-7,10-15,19H,1,3-4,8-9H2,(H2,27,28). The third-order valence-electron chi connectivity index (χ3n) is 6.52. The Balaban J connectivity index is 1.42. The maximum atomic E-state index is 6.27. The van der Waals surface area contributed by atoms with Crippen molar-refractivity contribution >= 4 is 17.0 Å². The second-order valence-electron chi connectivity index (χ2n) is 8.94. The first kappa shape index (κ1) is 19.3. The van der Waals surface area contributed by atoms with E-state index in [-0.39, 0.29) is 0 Å². The van der Waals surface area contributed by atoms with Crippen LogP contribution in [-0.2, 0) is 12.8 Å². The molecule has 8 heteroatoms. The number of nitrogens with two attached hydrogens (primary N) is 1. The minimum Gasteiger partial charge on any atom is -0.473 e. The van der Waals surface area contributed by atoms with Crippen molar-refractivity contribution in [3.63, 3.8) is 0 Å². The van der Waals surface area contributed by atoms with Crippen LogP contribution in [-0.4, -0.2) is 35.4 Å². The van der Waals surface area contributed by atoms with Gasteiger partial charge in [-0.15, -0.1) is 5.10 Å². The first-order valence-electron chi connectivity index (χ1n) is 11.7. The fourth-order valence-electron chi connectivity index (χ4n) is 4.66. The lowest BCUT2D eigenvalue weighted by atomic mass is 10.1. The van der Waals surface area contributed by atoms with Gasteiger partial charge in [0, 0.05) is 24.1 Å². The minimum atomic E-state index is 0.299. The van der Waals surface area contributed by atoms with Crippen molar-refractivity contribution in [2.75, 3.05) is 5.73 Å². The zero-order valence-electron chi connectivity index (χ0n) is 18.6. The van der Waals surface area contributed by atoms with Crippen LogP contribution < -0.4 is 10.5 Å². The lowest BCUT2D eigenvalue weighted by Gasteiger charge is -2.12. The van der Waals surface area contributed by atoms with Gasteiger partial charge in [-0.2, -0.15) is 0 Å². The number of pyridine rings is 2. The Morgan fingerprint density at radius 3 is 2.76 bits per heavy atom. The minimum absolute atomic E-state index is 0.299. The Bertz CT molecular complexity index is 1550. The Morgan fingerprint density at radius 2 is 1.88 bits per heavy atom. The predicted molar refractivity (Wildman–Crippen MR) is 129 cm³/mol. The van der Waals surface area contributed by atoms with Crippen molar-refractivity contribution in [1.82, 2.24) is 29.3 Å². The Hall–Kier alpha value is -4.20. The van der Waals surface area contributed by atoms with E-state index in [0.717, 1.165) is 53.9 Å². The number of rotatable bonds is 5. The van der Waals surface area contributed by atoms with Crippen molar-refractivity contribution in [2.24, 2.45) is 0 Å². The molecule has 2 aliphatic rings. The van der Waals surface area contributed by atoms with E-state index in [4.69, 9.17) is 20.4 Å². The predicted octanol–water partition coefficient (Wildman–Crippen LogP) is 4.28. The average molecular weight is 450 g/mol. The van der Waals surface area contributed by atoms with Gasteiger partial charge in [0.2, 0.25) is 5.88 Å². The summed E-state index contributed by atoms with van der Waals surface area (Å²) in [6.07, 6.45) is 9.48. The molecule has 8 nitrogen and oxygen atoms in total. The Labute approximate surface area is 196 Å². The number of imidazole rings is 1. The molecule has 0 spiro atoms. The second-order valence-corrected chi connectivity index (χ2v) is 8.94. The molecule has 4 heterocycles. The molecule has 0 radical (unpaired) electrons. The number of ether oxygens (including phenoxy) is 1. The van der Waals surface area contributed by atoms with Crippen LogP contribution in [0, 0.1) is 0 Å². The Kier molecular flexibility index (Phi) is 4.20. The third kappa shape index (κ3) is 3.22. The van der Waals surface area contributed by atoms with E-state index >= 15 is 0 Å². The Morgan fingerprint density at radius 1 is 0.971 bits per heavy atom. The van der Waals surface area contributed by atoms with Gasteiger partial charge in [0.1, 0.15) is 17.4 Å². The van der Waals surface area contributed by atoms with Gasteiger partial charge in [-0.25, -0.2) is 19.6 Å². The van der Waals surface area contributed by atoms with Crippen LogP contribution in [0.4, 0.5) is 5.82 Å². The third-order valence-corrected chi connectivity index (χ3v) is 6.52. The number of anilines is 1. The molecule has 1 aromatic carbocycles. The lowest BCUT2D eigenvalue weighted by Crippen LogP contribution is -2.04. The van der Waals surface area contributed by atoms with Crippen LogP contribution in [0.5, 0.6) is 5.88 Å². The molecule has 0 bridgehead atoms. The molecule has 2 aliphatic carbocycles. The van der Waals surface area contributed by atoms with Crippen molar-refractivity contribution in [3.05, 3.63) is 72.1 Å². The summed E-state index contributed by atoms with van der Waals surface area (Å²) in [5.41, 5.74) is 12.4. The van der Waals surface area contributed by atoms with Gasteiger partial charge in [-0.05, 0) is 79.6 Å². The normalized spacial score (nSPS) is 15.1. The van der Waals surface area contributed by atoms with Crippen molar-refractivity contribution in [3.8, 4) is 28.8 Å². The number of aryl methyl sites for hydroxylation is 2. The molecule has 34 heavy (non-hydrogen) atoms. The molecular formula is C26H23N7O. The number of nitrogens with zero attached hydrogens (tertiary/aromatic N) is 6. The van der Waals surface area contributed by atoms with E-state index in [1.54, 1.807) is 10.9 Å². The van der Waals surface area contributed by atoms with Gasteiger partial charge in [0.25, 0.3) is 0 Å². The van der Waals surface area contributed by atoms with E-state index < -0.39 is 0 Å². The van der Waals surface area contributed by atoms with Crippen molar-refractivity contribution in [1.29, 1.82) is 0 Å². The highest BCUT2D eigenvalue weighted by Gasteiger charge is 2.25. The maximum absolute atomic E-state index is 6.27. The van der Waals surface area contributed by atoms with E-state index in [1.165, 1.54) is 17.5 Å². The van der Waals surface area contributed by atoms with Crippen LogP contribution in [0.15, 0.2) is 60.9 Å². The molecule has 2 N–H and O–H groups in total. The van der Waals surface area contributed by atoms with Crippen LogP contribution in [0.2, 0.25) is 0 Å². The lowest BCUT2D eigenvalue weighted by molar-refractivity contribution is 0.289. The smallest absolute Gasteiger partial charge is 0.233 e. The SMILES string of the molecule is Nc1ncccc1-c1nc2ccc(-n3ccc(OC4CC4)n3)nc2n1-c1ccc2c(c1)CCC2. The van der Waals surface area contributed by atoms with Crippen molar-refractivity contribution < 1.29 is 4.74 Å². The second kappa shape index (κ2) is 7.41. The highest BCUT2D eigenvalue weighted by Crippen LogP contribution is 2.33. The summed E-state index contributed by atoms with van der Waals surface area (Å²) in [7, 11) is 0. The first-order valence-corrected chi connectivity index (χ1v) is 11.7. The summed E-state index contributed by atoms with van der Waals surface area (Å²) >= 11 is 0. The molecule has 0 aliphatic heterocycles. The summed E-state index contributed by atoms with van der Waals surface area (Å²) in [5, 5.41) is 4.57. The van der Waals surface area contributed by atoms with Gasteiger partial charge in [-0.1, -0.05) is 6.07 Å². The van der Waals surface area contributed by atoms with Gasteiger partial charge >= 0.3 is 0 Å². The maximum Gasteiger partial charge on any atom is 0.233 e. The number of benzene rings is 1. The quantitative estimate of drug-likeness (QED) is 0.430. The topological polar surface area (TPSA) is 96.7 Å². The summed E-state index contributed by atoms with van der Waals surface area (Å²) in [4.78, 5) is 14.2. The van der Waals surface area contributed by atoms with Crippen molar-refractivity contribution in [2.45, 2.75) is 38.2 Å². The summed E-state index contributed by atoms with van der Waals surface area (Å²) in [6, 6.07) is 16.2. The molecule has 1 saturated carbocycles. The van der Waals surface area contributed by atoms with Gasteiger partial charge in [-0.3, -0.25) is 4.57 Å². The molecule has 0 saturated heterocycles. The molecule has 0 atom stereocenters. The monoisotopic (exact) mass is 449 g/mol. The largest absolute Gasteiger partial charge is 0.473 e. The van der Waals surface area contributed by atoms with Crippen LogP contribution >= 0.6 is 0 Å². The van der Waals surface area contributed by atoms with E-state index in [1.807, 2.05) is 36.5 Å². The van der Waals surface area contributed by atoms with E-state index in [9.17, 15) is 0 Å². The molecular weight excluding hydrogens is 426 g/mol. The van der Waals surface area contributed by atoms with Gasteiger partial charge in [0.05, 0.1) is 5.56 Å². The van der Waals surface area contributed by atoms with Gasteiger partial charge < -0.3 is 10.5 Å². The van der Waals surface area contributed by atoms with Crippen LogP contribution in [0.25, 0.3) is 34.1 Å². The molecule has 168 valence electrons. The van der Waals surface area contributed by atoms with Gasteiger partial charge in [0.15, 0.2) is 17.3 Å². The zero-order valence-corrected chi connectivity index (χ0v) is 18.6. The zero-order chi connectivity index (χ0) is 22.6. The number of nitrogen functional groups attached to an aromatic ring is 1. The molecule has 0 amide bonds. The highest BCUT2D eigenvalue weighted by atomic mass is 16.5. The summed E-state index contributed by atoms with van der Waals surface area (Å²) in [6.45, 7) is 0. The highest BCUT2D eigenvalue weighted by molar-refractivity contribution is 5.83. The average Bonchev–Trinajstić information content (AvgIpc) is 3.23. The van der Waals surface area contributed by atoms with E-state index in [0.29, 0.717) is 23.6 Å². The number of hydrogen-bond donors (Lipinski definition) is 1. The van der Waals surface area contributed by atoms with Crippen LogP contribution in [0.1, 0.15) is 30.4 Å². The van der Waals surface area contributed by atoms with Crippen LogP contribution in [0.3, 0.4) is 0 Å². The molecule has 7 rings (SSSR count). The first-order chi connectivity index (χ1) is 16.7. The summed E-state index contributed by atoms with van der Waals surface area (Å²) in [5.74, 6) is 2.49. The fourth-order valence-corrected chi connectivity index (χ4v) is 4.66. The number of fused-ring (bicyclic) bond motifs is 2. The number of aromatic nitrogens is 6. The molecule has 0 unspecified atom stereocenters.